The van der Waals surface area contributed by atoms with Crippen molar-refractivity contribution >= 4 is 66.7 Å². The van der Waals surface area contributed by atoms with E-state index in [1.165, 1.54) is 116 Å². The summed E-state index contributed by atoms with van der Waals surface area (Å²) in [6.07, 6.45) is 0. The van der Waals surface area contributed by atoms with Crippen molar-refractivity contribution in [3.63, 3.8) is 0 Å². The highest BCUT2D eigenvalue weighted by atomic mass is 15.1. The molecule has 0 N–H and O–H groups in total. The molecule has 0 spiro atoms. The second-order valence-corrected chi connectivity index (χ2v) is 36.1. The van der Waals surface area contributed by atoms with Gasteiger partial charge in [0.1, 0.15) is 0 Å². The van der Waals surface area contributed by atoms with Crippen molar-refractivity contribution < 1.29 is 0 Å². The topological polar surface area (TPSA) is 48.5 Å². The van der Waals surface area contributed by atoms with E-state index in [2.05, 4.69) is 420 Å². The largest absolute Gasteiger partial charge is 0.310 e. The predicted octanol–water partition coefficient (Wildman–Crippen LogP) is 26.7. The molecule has 3 aromatic heterocycles. The molecule has 0 saturated heterocycles. The Balaban J connectivity index is 0.918. The standard InChI is InChI=1S/C109H90BN5/c1-106(2,3)86-43-33-71(34-44-86)75-41-51-96-90(59-75)92-61-81(73-37-47-88(48-38-73)108(7,8)9)63-94-101(92)114(96)98-65-85(66-99-100(98)110(94)95-64-82(74-39-49-89(50-40-74)109(10,11)12)62-93-91-60-76(42-52-97(91)115(99)102(93)95)72-35-45-87(46-36-72)107(4,5)6)105-112-103(83-55-77(67-25-17-13-18-26-67)53-78(56-83)68-27-19-14-20-28-68)111-104(113-105)84-57-79(69-29-21-15-22-30-69)54-80(58-84)70-31-23-16-24-32-70/h13-66H,1-12H3. The van der Waals surface area contributed by atoms with E-state index in [0.717, 1.165) is 83.6 Å². The summed E-state index contributed by atoms with van der Waals surface area (Å²) in [6.45, 7) is 27.4. The first-order valence-corrected chi connectivity index (χ1v) is 40.6. The minimum absolute atomic E-state index is 0.00846. The third-order valence-corrected chi connectivity index (χ3v) is 24.4. The minimum Gasteiger partial charge on any atom is -0.310 e. The van der Waals surface area contributed by atoms with E-state index in [1.54, 1.807) is 0 Å². The molecule has 554 valence electrons. The molecule has 115 heavy (non-hydrogen) atoms. The maximum absolute atomic E-state index is 5.90. The van der Waals surface area contributed by atoms with Crippen molar-refractivity contribution in [3.05, 3.63) is 350 Å². The second kappa shape index (κ2) is 26.8. The molecule has 0 atom stereocenters. The summed E-state index contributed by atoms with van der Waals surface area (Å²) in [4.78, 5) is 17.6. The number of fused-ring (bicyclic) bond motifs is 10. The fraction of sp³-hybridized carbons (Fsp3) is 0.147. The summed E-state index contributed by atoms with van der Waals surface area (Å²) in [5, 5.41) is 4.79. The molecule has 6 heteroatoms. The van der Waals surface area contributed by atoms with Crippen LogP contribution in [0.15, 0.2) is 328 Å². The van der Waals surface area contributed by atoms with Gasteiger partial charge in [0.25, 0.3) is 6.71 Å². The summed E-state index contributed by atoms with van der Waals surface area (Å²) in [5.41, 5.74) is 36.5. The van der Waals surface area contributed by atoms with Gasteiger partial charge >= 0.3 is 0 Å². The van der Waals surface area contributed by atoms with E-state index in [4.69, 9.17) is 15.0 Å². The average Bonchev–Trinajstić information content (AvgIpc) is 1.45. The van der Waals surface area contributed by atoms with Crippen LogP contribution in [-0.4, -0.2) is 30.8 Å². The fourth-order valence-electron chi connectivity index (χ4n) is 18.0. The summed E-state index contributed by atoms with van der Waals surface area (Å²) in [7, 11) is 0. The zero-order valence-corrected chi connectivity index (χ0v) is 67.5. The Kier molecular flexibility index (Phi) is 16.6. The Morgan fingerprint density at radius 3 is 0.730 bits per heavy atom. The van der Waals surface area contributed by atoms with Crippen molar-refractivity contribution in [2.75, 3.05) is 0 Å². The van der Waals surface area contributed by atoms with Crippen LogP contribution in [0.4, 0.5) is 0 Å². The molecule has 18 aromatic rings. The molecule has 0 fully saturated rings. The van der Waals surface area contributed by atoms with Gasteiger partial charge in [-0.1, -0.05) is 326 Å². The molecule has 5 heterocycles. The van der Waals surface area contributed by atoms with Gasteiger partial charge in [-0.3, -0.25) is 0 Å². The van der Waals surface area contributed by atoms with Gasteiger partial charge in [-0.15, -0.1) is 0 Å². The molecular formula is C109H90BN5. The third kappa shape index (κ3) is 12.5. The Hall–Kier alpha value is -13.0. The van der Waals surface area contributed by atoms with Crippen LogP contribution in [0, 0.1) is 0 Å². The van der Waals surface area contributed by atoms with E-state index >= 15 is 0 Å². The maximum atomic E-state index is 5.90. The van der Waals surface area contributed by atoms with Crippen molar-refractivity contribution in [2.24, 2.45) is 0 Å². The van der Waals surface area contributed by atoms with Crippen LogP contribution in [0.25, 0.3) is 178 Å². The number of hydrogen-bond acceptors (Lipinski definition) is 3. The van der Waals surface area contributed by atoms with Gasteiger partial charge < -0.3 is 9.13 Å². The Bertz CT molecular complexity index is 6380. The molecule has 0 saturated carbocycles. The van der Waals surface area contributed by atoms with E-state index in [0.29, 0.717) is 17.5 Å². The van der Waals surface area contributed by atoms with Crippen LogP contribution in [0.3, 0.4) is 0 Å². The molecule has 5 nitrogen and oxygen atoms in total. The highest BCUT2D eigenvalue weighted by Gasteiger charge is 2.43. The van der Waals surface area contributed by atoms with Crippen LogP contribution in [0.2, 0.25) is 0 Å². The molecule has 20 rings (SSSR count). The maximum Gasteiger partial charge on any atom is 0.252 e. The highest BCUT2D eigenvalue weighted by molar-refractivity contribution is 7.00. The van der Waals surface area contributed by atoms with Crippen molar-refractivity contribution in [1.29, 1.82) is 0 Å². The van der Waals surface area contributed by atoms with E-state index in [-0.39, 0.29) is 28.4 Å². The lowest BCUT2D eigenvalue weighted by atomic mass is 9.34. The SMILES string of the molecule is CC(C)(C)c1ccc(-c2ccc3c(c2)c2cc(-c4ccc(C(C)(C)C)cc4)cc4c2n3-c2cc(-c3nc(-c5cc(-c6ccccc6)cc(-c6ccccc6)c5)nc(-c5cc(-c6ccccc6)cc(-c6ccccc6)c5)n3)cc3c2B4c2cc(-c4ccc(C(C)(C)C)cc4)cc4c5cc(-c6ccc(C(C)(C)C)cc6)ccc5n-3c24)cc1. The summed E-state index contributed by atoms with van der Waals surface area (Å²) in [5.74, 6) is 1.71. The van der Waals surface area contributed by atoms with Gasteiger partial charge in [0.15, 0.2) is 17.5 Å². The molecule has 0 bridgehead atoms. The zero-order valence-electron chi connectivity index (χ0n) is 67.5. The Morgan fingerprint density at radius 1 is 0.209 bits per heavy atom. The van der Waals surface area contributed by atoms with E-state index in [1.807, 2.05) is 0 Å². The van der Waals surface area contributed by atoms with Gasteiger partial charge in [-0.2, -0.15) is 0 Å². The summed E-state index contributed by atoms with van der Waals surface area (Å²) in [6, 6.07) is 123. The minimum atomic E-state index is -0.243. The Morgan fingerprint density at radius 2 is 0.443 bits per heavy atom. The monoisotopic (exact) mass is 1480 g/mol. The summed E-state index contributed by atoms with van der Waals surface area (Å²) < 4.78 is 5.24. The molecule has 0 radical (unpaired) electrons. The van der Waals surface area contributed by atoms with Gasteiger partial charge in [0, 0.05) is 60.6 Å². The number of hydrogen-bond donors (Lipinski definition) is 0. The van der Waals surface area contributed by atoms with Gasteiger partial charge in [-0.05, 0) is 234 Å². The number of benzene rings is 15. The fourth-order valence-corrected chi connectivity index (χ4v) is 18.0. The zero-order chi connectivity index (χ0) is 78.6. The number of nitrogens with zero attached hydrogens (tertiary/aromatic N) is 5. The molecule has 15 aromatic carbocycles. The number of rotatable bonds is 11. The molecular weight excluding hydrogens is 1390 g/mol. The van der Waals surface area contributed by atoms with Crippen LogP contribution < -0.4 is 16.4 Å². The predicted molar refractivity (Wildman–Crippen MR) is 488 cm³/mol. The van der Waals surface area contributed by atoms with Gasteiger partial charge in [-0.25, -0.2) is 15.0 Å². The lowest BCUT2D eigenvalue weighted by Crippen LogP contribution is -2.59. The third-order valence-electron chi connectivity index (χ3n) is 24.4. The molecule has 0 amide bonds. The first-order chi connectivity index (χ1) is 55.5. The lowest BCUT2D eigenvalue weighted by Gasteiger charge is -2.34. The van der Waals surface area contributed by atoms with Gasteiger partial charge in [0.2, 0.25) is 0 Å². The van der Waals surface area contributed by atoms with Gasteiger partial charge in [0.05, 0.1) is 11.0 Å². The molecule has 0 aliphatic carbocycles. The van der Waals surface area contributed by atoms with Crippen molar-refractivity contribution in [3.8, 4) is 135 Å². The van der Waals surface area contributed by atoms with E-state index in [9.17, 15) is 0 Å². The van der Waals surface area contributed by atoms with Crippen molar-refractivity contribution in [1.82, 2.24) is 24.1 Å². The first kappa shape index (κ1) is 71.0. The quantitative estimate of drug-likeness (QED) is 0.121. The molecule has 2 aliphatic rings. The first-order valence-electron chi connectivity index (χ1n) is 40.6. The molecule has 0 unspecified atom stereocenters. The molecule has 2 aliphatic heterocycles. The van der Waals surface area contributed by atoms with Crippen LogP contribution in [0.1, 0.15) is 105 Å². The van der Waals surface area contributed by atoms with Crippen LogP contribution in [0.5, 0.6) is 0 Å². The number of aromatic nitrogens is 5. The highest BCUT2D eigenvalue weighted by Crippen LogP contribution is 2.47. The van der Waals surface area contributed by atoms with E-state index < -0.39 is 0 Å². The Labute approximate surface area is 675 Å². The second-order valence-electron chi connectivity index (χ2n) is 36.1. The van der Waals surface area contributed by atoms with Crippen molar-refractivity contribution in [2.45, 2.75) is 105 Å². The summed E-state index contributed by atoms with van der Waals surface area (Å²) >= 11 is 0. The van der Waals surface area contributed by atoms with Crippen LogP contribution >= 0.6 is 0 Å². The normalized spacial score (nSPS) is 12.7. The lowest BCUT2D eigenvalue weighted by molar-refractivity contribution is 0.590. The average molecular weight is 1480 g/mol. The smallest absolute Gasteiger partial charge is 0.252 e. The van der Waals surface area contributed by atoms with Crippen LogP contribution in [-0.2, 0) is 21.7 Å².